The van der Waals surface area contributed by atoms with Gasteiger partial charge in [0, 0.05) is 4.88 Å². The fraction of sp³-hybridized carbons (Fsp3) is 0.636. The molecule has 0 radical (unpaired) electrons. The van der Waals surface area contributed by atoms with Crippen molar-refractivity contribution in [2.75, 3.05) is 5.75 Å². The van der Waals surface area contributed by atoms with Crippen LogP contribution in [-0.4, -0.2) is 21.8 Å². The molecule has 0 amide bonds. The standard InChI is InChI=1S/C11H15NO2S2/c1-6-3-7(2)10-8(4-6)12-11(16-10)15-5-9(13)14/h6-7H,3-5H2,1-2H3,(H,13,14). The number of aliphatic carboxylic acids is 1. The van der Waals surface area contributed by atoms with Gasteiger partial charge in [0.15, 0.2) is 4.34 Å². The molecule has 2 unspecified atom stereocenters. The summed E-state index contributed by atoms with van der Waals surface area (Å²) in [4.78, 5) is 16.4. The summed E-state index contributed by atoms with van der Waals surface area (Å²) in [6.45, 7) is 4.49. The van der Waals surface area contributed by atoms with Crippen molar-refractivity contribution in [1.29, 1.82) is 0 Å². The van der Waals surface area contributed by atoms with Gasteiger partial charge in [-0.25, -0.2) is 4.98 Å². The highest BCUT2D eigenvalue weighted by Crippen LogP contribution is 2.40. The summed E-state index contributed by atoms with van der Waals surface area (Å²) in [7, 11) is 0. The molecule has 88 valence electrons. The van der Waals surface area contributed by atoms with Gasteiger partial charge in [-0.15, -0.1) is 11.3 Å². The molecule has 1 aliphatic rings. The van der Waals surface area contributed by atoms with Gasteiger partial charge in [0.1, 0.15) is 0 Å². The molecule has 1 aromatic heterocycles. The maximum absolute atomic E-state index is 10.5. The first-order valence-corrected chi connectivity index (χ1v) is 7.20. The number of hydrogen-bond acceptors (Lipinski definition) is 4. The Balaban J connectivity index is 2.13. The Morgan fingerprint density at radius 1 is 1.62 bits per heavy atom. The molecule has 0 fully saturated rings. The predicted octanol–water partition coefficient (Wildman–Crippen LogP) is 3.01. The minimum Gasteiger partial charge on any atom is -0.481 e. The van der Waals surface area contributed by atoms with Crippen LogP contribution in [0.3, 0.4) is 0 Å². The molecule has 0 spiro atoms. The van der Waals surface area contributed by atoms with Crippen LogP contribution >= 0.6 is 23.1 Å². The molecule has 1 aliphatic carbocycles. The highest BCUT2D eigenvalue weighted by atomic mass is 32.2. The molecule has 0 aromatic carbocycles. The molecule has 16 heavy (non-hydrogen) atoms. The highest BCUT2D eigenvalue weighted by Gasteiger charge is 2.25. The van der Waals surface area contributed by atoms with Gasteiger partial charge >= 0.3 is 5.97 Å². The fourth-order valence-corrected chi connectivity index (χ4v) is 4.17. The summed E-state index contributed by atoms with van der Waals surface area (Å²) in [6.07, 6.45) is 2.27. The zero-order valence-corrected chi connectivity index (χ0v) is 11.0. The van der Waals surface area contributed by atoms with Crippen LogP contribution < -0.4 is 0 Å². The second-order valence-electron chi connectivity index (χ2n) is 4.42. The van der Waals surface area contributed by atoms with Gasteiger partial charge in [-0.05, 0) is 24.7 Å². The lowest BCUT2D eigenvalue weighted by Crippen LogP contribution is -2.12. The Morgan fingerprint density at radius 3 is 3.06 bits per heavy atom. The van der Waals surface area contributed by atoms with E-state index in [1.807, 2.05) is 0 Å². The van der Waals surface area contributed by atoms with Crippen LogP contribution in [0.2, 0.25) is 0 Å². The van der Waals surface area contributed by atoms with Crippen molar-refractivity contribution >= 4 is 29.1 Å². The third kappa shape index (κ3) is 2.58. The Morgan fingerprint density at radius 2 is 2.38 bits per heavy atom. The van der Waals surface area contributed by atoms with E-state index >= 15 is 0 Å². The van der Waals surface area contributed by atoms with Gasteiger partial charge in [-0.1, -0.05) is 25.6 Å². The Hall–Kier alpha value is -0.550. The van der Waals surface area contributed by atoms with Gasteiger partial charge in [0.2, 0.25) is 0 Å². The second kappa shape index (κ2) is 4.75. The molecule has 1 heterocycles. The molecule has 1 N–H and O–H groups in total. The summed E-state index contributed by atoms with van der Waals surface area (Å²) in [5.74, 6) is 0.605. The lowest BCUT2D eigenvalue weighted by Gasteiger charge is -2.22. The van der Waals surface area contributed by atoms with Gasteiger partial charge in [-0.3, -0.25) is 4.79 Å². The van der Waals surface area contributed by atoms with E-state index in [4.69, 9.17) is 5.11 Å². The van der Waals surface area contributed by atoms with Crippen LogP contribution in [0, 0.1) is 5.92 Å². The van der Waals surface area contributed by atoms with Crippen LogP contribution in [0.4, 0.5) is 0 Å². The molecule has 1 aromatic rings. The van der Waals surface area contributed by atoms with Crippen molar-refractivity contribution in [2.45, 2.75) is 36.9 Å². The zero-order valence-electron chi connectivity index (χ0n) is 9.40. The van der Waals surface area contributed by atoms with E-state index < -0.39 is 5.97 Å². The number of thioether (sulfide) groups is 1. The number of rotatable bonds is 3. The topological polar surface area (TPSA) is 50.2 Å². The summed E-state index contributed by atoms with van der Waals surface area (Å²) in [5.41, 5.74) is 1.20. The van der Waals surface area contributed by atoms with Gasteiger partial charge in [-0.2, -0.15) is 0 Å². The van der Waals surface area contributed by atoms with E-state index in [1.165, 1.54) is 28.8 Å². The van der Waals surface area contributed by atoms with Gasteiger partial charge in [0.25, 0.3) is 0 Å². The lowest BCUT2D eigenvalue weighted by atomic mass is 9.86. The van der Waals surface area contributed by atoms with Crippen LogP contribution in [0.5, 0.6) is 0 Å². The number of carboxylic acid groups (broad SMARTS) is 1. The molecule has 2 atom stereocenters. The van der Waals surface area contributed by atoms with Crippen LogP contribution in [-0.2, 0) is 11.2 Å². The normalized spacial score (nSPS) is 24.1. The first-order valence-electron chi connectivity index (χ1n) is 5.40. The number of thiazole rings is 1. The van der Waals surface area contributed by atoms with Crippen LogP contribution in [0.25, 0.3) is 0 Å². The molecule has 2 rings (SSSR count). The number of fused-ring (bicyclic) bond motifs is 1. The van der Waals surface area contributed by atoms with E-state index in [2.05, 4.69) is 18.8 Å². The minimum atomic E-state index is -0.778. The quantitative estimate of drug-likeness (QED) is 0.846. The third-order valence-electron chi connectivity index (χ3n) is 2.77. The maximum atomic E-state index is 10.5. The van der Waals surface area contributed by atoms with Gasteiger partial charge < -0.3 is 5.11 Å². The monoisotopic (exact) mass is 257 g/mol. The Bertz CT molecular complexity index is 403. The molecule has 0 bridgehead atoms. The average molecular weight is 257 g/mol. The molecule has 3 nitrogen and oxygen atoms in total. The smallest absolute Gasteiger partial charge is 0.313 e. The van der Waals surface area contributed by atoms with Crippen molar-refractivity contribution in [1.82, 2.24) is 4.98 Å². The number of carbonyl (C=O) groups is 1. The van der Waals surface area contributed by atoms with Crippen LogP contribution in [0.15, 0.2) is 4.34 Å². The summed E-state index contributed by atoms with van der Waals surface area (Å²) < 4.78 is 0.911. The van der Waals surface area contributed by atoms with Crippen molar-refractivity contribution in [2.24, 2.45) is 5.92 Å². The van der Waals surface area contributed by atoms with E-state index in [0.717, 1.165) is 10.8 Å². The lowest BCUT2D eigenvalue weighted by molar-refractivity contribution is -0.133. The molecular weight excluding hydrogens is 242 g/mol. The van der Waals surface area contributed by atoms with E-state index in [-0.39, 0.29) is 5.75 Å². The number of nitrogens with zero attached hydrogens (tertiary/aromatic N) is 1. The van der Waals surface area contributed by atoms with E-state index in [9.17, 15) is 4.79 Å². The summed E-state index contributed by atoms with van der Waals surface area (Å²) in [6, 6.07) is 0. The number of aromatic nitrogens is 1. The van der Waals surface area contributed by atoms with Crippen molar-refractivity contribution in [3.8, 4) is 0 Å². The largest absolute Gasteiger partial charge is 0.481 e. The van der Waals surface area contributed by atoms with Crippen molar-refractivity contribution in [3.05, 3.63) is 10.6 Å². The molecule has 5 heteroatoms. The summed E-state index contributed by atoms with van der Waals surface area (Å²) >= 11 is 3.01. The number of hydrogen-bond donors (Lipinski definition) is 1. The minimum absolute atomic E-state index is 0.107. The maximum Gasteiger partial charge on any atom is 0.313 e. The SMILES string of the molecule is CC1Cc2nc(SCC(=O)O)sc2C(C)C1. The highest BCUT2D eigenvalue weighted by molar-refractivity contribution is 8.01. The first-order chi connectivity index (χ1) is 7.56. The van der Waals surface area contributed by atoms with Crippen LogP contribution in [0.1, 0.15) is 36.8 Å². The molecule has 0 saturated carbocycles. The third-order valence-corrected chi connectivity index (χ3v) is 5.23. The first kappa shape index (κ1) is 11.9. The summed E-state index contributed by atoms with van der Waals surface area (Å²) in [5, 5.41) is 8.63. The Kier molecular flexibility index (Phi) is 3.54. The average Bonchev–Trinajstić information content (AvgIpc) is 2.57. The Labute approximate surface area is 103 Å². The molecule has 0 aliphatic heterocycles. The zero-order chi connectivity index (χ0) is 11.7. The van der Waals surface area contributed by atoms with E-state index in [0.29, 0.717) is 11.8 Å². The second-order valence-corrected chi connectivity index (χ2v) is 6.67. The van der Waals surface area contributed by atoms with Crippen molar-refractivity contribution < 1.29 is 9.90 Å². The fourth-order valence-electron chi connectivity index (χ4n) is 2.18. The van der Waals surface area contributed by atoms with Gasteiger partial charge in [0.05, 0.1) is 11.4 Å². The number of carboxylic acids is 1. The molecule has 0 saturated heterocycles. The van der Waals surface area contributed by atoms with Crippen molar-refractivity contribution in [3.63, 3.8) is 0 Å². The predicted molar refractivity (Wildman–Crippen MR) is 66.4 cm³/mol. The molecular formula is C11H15NO2S2. The van der Waals surface area contributed by atoms with E-state index in [1.54, 1.807) is 11.3 Å².